The number of nitrogens with zero attached hydrogens (tertiary/aromatic N) is 3. The van der Waals surface area contributed by atoms with Crippen LogP contribution in [0.3, 0.4) is 0 Å². The number of likely N-dealkylation sites (tertiary alicyclic amines) is 1. The van der Waals surface area contributed by atoms with Crippen LogP contribution in [0.1, 0.15) is 42.6 Å². The number of aromatic nitrogens is 2. The van der Waals surface area contributed by atoms with E-state index in [0.717, 1.165) is 28.9 Å². The maximum absolute atomic E-state index is 13.2. The van der Waals surface area contributed by atoms with Gasteiger partial charge >= 0.3 is 0 Å². The summed E-state index contributed by atoms with van der Waals surface area (Å²) in [6.45, 7) is 4.50. The highest BCUT2D eigenvalue weighted by Gasteiger charge is 2.34. The van der Waals surface area contributed by atoms with Crippen molar-refractivity contribution in [1.29, 1.82) is 0 Å². The lowest BCUT2D eigenvalue weighted by Crippen LogP contribution is -2.38. The van der Waals surface area contributed by atoms with E-state index in [1.54, 1.807) is 29.0 Å². The van der Waals surface area contributed by atoms with Gasteiger partial charge in [0.25, 0.3) is 5.56 Å². The average molecular weight is 367 g/mol. The van der Waals surface area contributed by atoms with Crippen LogP contribution in [-0.4, -0.2) is 26.9 Å². The third-order valence-electron chi connectivity index (χ3n) is 5.13. The molecule has 4 rings (SSSR count). The van der Waals surface area contributed by atoms with Gasteiger partial charge in [-0.1, -0.05) is 18.2 Å². The number of aryl methyl sites for hydroxylation is 1. The van der Waals surface area contributed by atoms with Crippen molar-refractivity contribution >= 4 is 28.0 Å². The molecule has 1 amide bonds. The van der Waals surface area contributed by atoms with E-state index in [9.17, 15) is 9.59 Å². The summed E-state index contributed by atoms with van der Waals surface area (Å²) >= 11 is 1.61. The predicted octanol–water partition coefficient (Wildman–Crippen LogP) is 3.69. The number of amides is 1. The number of benzene rings is 1. The Kier molecular flexibility index (Phi) is 4.36. The monoisotopic (exact) mass is 367 g/mol. The van der Waals surface area contributed by atoms with E-state index in [1.165, 1.54) is 0 Å². The zero-order valence-corrected chi connectivity index (χ0v) is 15.7. The lowest BCUT2D eigenvalue weighted by molar-refractivity contribution is -0.135. The standard InChI is InChI=1S/C20H21N3O2S/c1-13(22-11-9-15-6-3-4-7-16(15)20(22)25)19(24)23-10-5-8-18(23)17-12-26-14(2)21-17/h3-4,6-7,9,11-13,18H,5,8,10H2,1-2H3. The predicted molar refractivity (Wildman–Crippen MR) is 103 cm³/mol. The van der Waals surface area contributed by atoms with Gasteiger partial charge in [-0.25, -0.2) is 4.98 Å². The molecule has 2 aromatic heterocycles. The summed E-state index contributed by atoms with van der Waals surface area (Å²) in [6, 6.07) is 8.86. The summed E-state index contributed by atoms with van der Waals surface area (Å²) in [7, 11) is 0. The van der Waals surface area contributed by atoms with Gasteiger partial charge in [0, 0.05) is 23.5 Å². The maximum atomic E-state index is 13.2. The van der Waals surface area contributed by atoms with Gasteiger partial charge in [-0.2, -0.15) is 0 Å². The quantitative estimate of drug-likeness (QED) is 0.709. The van der Waals surface area contributed by atoms with E-state index < -0.39 is 6.04 Å². The molecule has 2 atom stereocenters. The van der Waals surface area contributed by atoms with Crippen molar-refractivity contribution in [2.75, 3.05) is 6.54 Å². The second kappa shape index (κ2) is 6.68. The molecule has 0 bridgehead atoms. The fraction of sp³-hybridized carbons (Fsp3) is 0.350. The molecule has 134 valence electrons. The van der Waals surface area contributed by atoms with E-state index in [0.29, 0.717) is 11.9 Å². The second-order valence-corrected chi connectivity index (χ2v) is 7.83. The minimum atomic E-state index is -0.535. The summed E-state index contributed by atoms with van der Waals surface area (Å²) in [6.07, 6.45) is 3.62. The number of rotatable bonds is 3. The Morgan fingerprint density at radius 2 is 2.12 bits per heavy atom. The van der Waals surface area contributed by atoms with Gasteiger partial charge in [0.15, 0.2) is 0 Å². The molecule has 1 aliphatic rings. The van der Waals surface area contributed by atoms with Crippen LogP contribution in [0.2, 0.25) is 0 Å². The van der Waals surface area contributed by atoms with Crippen LogP contribution in [0.15, 0.2) is 46.7 Å². The van der Waals surface area contributed by atoms with E-state index in [2.05, 4.69) is 4.98 Å². The summed E-state index contributed by atoms with van der Waals surface area (Å²) in [5.74, 6) is -0.0180. The number of thiazole rings is 1. The molecular weight excluding hydrogens is 346 g/mol. The first-order chi connectivity index (χ1) is 12.6. The molecule has 2 unspecified atom stereocenters. The third-order valence-corrected chi connectivity index (χ3v) is 5.92. The molecule has 0 aliphatic carbocycles. The largest absolute Gasteiger partial charge is 0.332 e. The molecule has 3 aromatic rings. The van der Waals surface area contributed by atoms with Crippen LogP contribution in [-0.2, 0) is 4.79 Å². The molecule has 26 heavy (non-hydrogen) atoms. The number of carbonyl (C=O) groups excluding carboxylic acids is 1. The van der Waals surface area contributed by atoms with Crippen LogP contribution in [0, 0.1) is 6.92 Å². The number of hydrogen-bond acceptors (Lipinski definition) is 4. The van der Waals surface area contributed by atoms with Crippen LogP contribution in [0.25, 0.3) is 10.8 Å². The highest BCUT2D eigenvalue weighted by Crippen LogP contribution is 2.34. The van der Waals surface area contributed by atoms with E-state index in [-0.39, 0.29) is 17.5 Å². The number of carbonyl (C=O) groups is 1. The van der Waals surface area contributed by atoms with Gasteiger partial charge in [0.1, 0.15) is 6.04 Å². The molecule has 1 aliphatic heterocycles. The van der Waals surface area contributed by atoms with Gasteiger partial charge in [0.2, 0.25) is 5.91 Å². The molecule has 0 radical (unpaired) electrons. The fourth-order valence-electron chi connectivity index (χ4n) is 3.74. The van der Waals surface area contributed by atoms with Crippen molar-refractivity contribution in [1.82, 2.24) is 14.5 Å². The van der Waals surface area contributed by atoms with Crippen molar-refractivity contribution in [3.8, 4) is 0 Å². The van der Waals surface area contributed by atoms with Gasteiger partial charge < -0.3 is 9.47 Å². The highest BCUT2D eigenvalue weighted by molar-refractivity contribution is 7.09. The number of pyridine rings is 1. The van der Waals surface area contributed by atoms with Crippen molar-refractivity contribution < 1.29 is 4.79 Å². The van der Waals surface area contributed by atoms with Crippen LogP contribution in [0.5, 0.6) is 0 Å². The maximum Gasteiger partial charge on any atom is 0.259 e. The minimum absolute atomic E-state index is 0.0180. The number of fused-ring (bicyclic) bond motifs is 1. The van der Waals surface area contributed by atoms with Crippen molar-refractivity contribution in [2.45, 2.75) is 38.8 Å². The van der Waals surface area contributed by atoms with E-state index in [1.807, 2.05) is 47.5 Å². The Balaban J connectivity index is 1.65. The van der Waals surface area contributed by atoms with Crippen molar-refractivity contribution in [2.24, 2.45) is 0 Å². The lowest BCUT2D eigenvalue weighted by Gasteiger charge is -2.27. The Morgan fingerprint density at radius 1 is 1.31 bits per heavy atom. The van der Waals surface area contributed by atoms with Gasteiger partial charge in [-0.15, -0.1) is 11.3 Å². The second-order valence-electron chi connectivity index (χ2n) is 6.77. The lowest BCUT2D eigenvalue weighted by atomic mass is 10.1. The molecule has 1 aromatic carbocycles. The molecule has 3 heterocycles. The summed E-state index contributed by atoms with van der Waals surface area (Å²) in [5.41, 5.74) is 0.848. The molecule has 1 fully saturated rings. The molecule has 0 spiro atoms. The number of hydrogen-bond donors (Lipinski definition) is 0. The molecule has 6 heteroatoms. The smallest absolute Gasteiger partial charge is 0.259 e. The van der Waals surface area contributed by atoms with Crippen LogP contribution in [0.4, 0.5) is 0 Å². The van der Waals surface area contributed by atoms with Gasteiger partial charge in [-0.3, -0.25) is 9.59 Å². The zero-order chi connectivity index (χ0) is 18.3. The fourth-order valence-corrected chi connectivity index (χ4v) is 4.40. The Hall–Kier alpha value is -2.47. The van der Waals surface area contributed by atoms with Crippen molar-refractivity contribution in [3.63, 3.8) is 0 Å². The van der Waals surface area contributed by atoms with E-state index in [4.69, 9.17) is 0 Å². The molecular formula is C20H21N3O2S. The first-order valence-corrected chi connectivity index (χ1v) is 9.76. The van der Waals surface area contributed by atoms with Crippen LogP contribution < -0.4 is 5.56 Å². The normalized spacial score (nSPS) is 18.4. The van der Waals surface area contributed by atoms with E-state index >= 15 is 0 Å². The highest BCUT2D eigenvalue weighted by atomic mass is 32.1. The van der Waals surface area contributed by atoms with Crippen molar-refractivity contribution in [3.05, 3.63) is 63.0 Å². The Labute approximate surface area is 155 Å². The Bertz CT molecular complexity index is 1020. The SMILES string of the molecule is Cc1nc(C2CCCN2C(=O)C(C)n2ccc3ccccc3c2=O)cs1. The first kappa shape index (κ1) is 17.0. The van der Waals surface area contributed by atoms with Gasteiger partial charge in [0.05, 0.1) is 16.7 Å². The van der Waals surface area contributed by atoms with Crippen LogP contribution >= 0.6 is 11.3 Å². The molecule has 0 saturated carbocycles. The topological polar surface area (TPSA) is 55.2 Å². The molecule has 0 N–H and O–H groups in total. The average Bonchev–Trinajstić information content (AvgIpc) is 3.30. The Morgan fingerprint density at radius 3 is 2.88 bits per heavy atom. The molecule has 1 saturated heterocycles. The summed E-state index contributed by atoms with van der Waals surface area (Å²) in [4.78, 5) is 32.5. The first-order valence-electron chi connectivity index (χ1n) is 8.88. The third kappa shape index (κ3) is 2.84. The molecule has 5 nitrogen and oxygen atoms in total. The zero-order valence-electron chi connectivity index (χ0n) is 14.9. The minimum Gasteiger partial charge on any atom is -0.332 e. The summed E-state index contributed by atoms with van der Waals surface area (Å²) in [5, 5.41) is 4.59. The summed E-state index contributed by atoms with van der Waals surface area (Å²) < 4.78 is 1.55. The van der Waals surface area contributed by atoms with Gasteiger partial charge in [-0.05, 0) is 44.2 Å².